The summed E-state index contributed by atoms with van der Waals surface area (Å²) in [4.78, 5) is 12.0. The fourth-order valence-corrected chi connectivity index (χ4v) is 2.19. The molecule has 0 bridgehead atoms. The van der Waals surface area contributed by atoms with E-state index in [0.29, 0.717) is 11.1 Å². The summed E-state index contributed by atoms with van der Waals surface area (Å²) in [6, 6.07) is 13.9. The molecule has 19 heavy (non-hydrogen) atoms. The van der Waals surface area contributed by atoms with Crippen LogP contribution in [0.4, 0.5) is 0 Å². The Kier molecular flexibility index (Phi) is 2.87. The summed E-state index contributed by atoms with van der Waals surface area (Å²) < 4.78 is 6.18. The highest BCUT2D eigenvalue weighted by molar-refractivity contribution is 9.10. The first-order valence-electron chi connectivity index (χ1n) is 5.66. The van der Waals surface area contributed by atoms with Gasteiger partial charge in [-0.05, 0) is 35.9 Å². The van der Waals surface area contributed by atoms with Crippen molar-refractivity contribution in [1.82, 2.24) is 0 Å². The van der Waals surface area contributed by atoms with Crippen molar-refractivity contribution >= 4 is 26.9 Å². The second-order valence-electron chi connectivity index (χ2n) is 4.18. The van der Waals surface area contributed by atoms with Crippen LogP contribution in [-0.2, 0) is 0 Å². The maximum Gasteiger partial charge on any atom is 0.344 e. The fourth-order valence-electron chi connectivity index (χ4n) is 1.93. The van der Waals surface area contributed by atoms with Crippen molar-refractivity contribution in [2.45, 2.75) is 0 Å². The molecule has 0 atom stereocenters. The molecule has 1 heterocycles. The van der Waals surface area contributed by atoms with Crippen LogP contribution in [0.5, 0.6) is 5.75 Å². The second kappa shape index (κ2) is 4.55. The monoisotopic (exact) mass is 316 g/mol. The molecule has 3 nitrogen and oxygen atoms in total. The molecular formula is C15H9BrO3. The van der Waals surface area contributed by atoms with E-state index < -0.39 is 5.63 Å². The van der Waals surface area contributed by atoms with Crippen molar-refractivity contribution in [3.8, 4) is 16.9 Å². The van der Waals surface area contributed by atoms with Crippen molar-refractivity contribution in [1.29, 1.82) is 0 Å². The Morgan fingerprint density at radius 3 is 2.47 bits per heavy atom. The van der Waals surface area contributed by atoms with E-state index in [-0.39, 0.29) is 5.75 Å². The molecule has 0 aliphatic heterocycles. The first-order valence-corrected chi connectivity index (χ1v) is 6.45. The summed E-state index contributed by atoms with van der Waals surface area (Å²) in [7, 11) is 0. The van der Waals surface area contributed by atoms with E-state index in [0.717, 1.165) is 15.4 Å². The average molecular weight is 317 g/mol. The molecule has 0 aliphatic rings. The van der Waals surface area contributed by atoms with Crippen LogP contribution in [0.15, 0.2) is 62.2 Å². The highest BCUT2D eigenvalue weighted by Gasteiger charge is 2.08. The fraction of sp³-hybridized carbons (Fsp3) is 0. The Bertz CT molecular complexity index is 804. The standard InChI is InChI=1S/C15H9BrO3/c16-11-4-1-9(2-5-11)13-7-10-3-6-12(17)8-14(10)19-15(13)18/h1-8,17H. The smallest absolute Gasteiger partial charge is 0.344 e. The second-order valence-corrected chi connectivity index (χ2v) is 5.09. The molecule has 1 aromatic heterocycles. The molecule has 94 valence electrons. The number of hydrogen-bond acceptors (Lipinski definition) is 3. The molecule has 0 fully saturated rings. The molecular weight excluding hydrogens is 308 g/mol. The lowest BCUT2D eigenvalue weighted by Crippen LogP contribution is -2.02. The molecule has 0 saturated heterocycles. The van der Waals surface area contributed by atoms with Crippen LogP contribution in [0.2, 0.25) is 0 Å². The van der Waals surface area contributed by atoms with Crippen molar-refractivity contribution < 1.29 is 9.52 Å². The molecule has 0 aliphatic carbocycles. The van der Waals surface area contributed by atoms with Gasteiger partial charge in [0.15, 0.2) is 0 Å². The summed E-state index contributed by atoms with van der Waals surface area (Å²) >= 11 is 3.35. The van der Waals surface area contributed by atoms with Crippen LogP contribution in [0.3, 0.4) is 0 Å². The summed E-state index contributed by atoms with van der Waals surface area (Å²) in [5, 5.41) is 10.1. The van der Waals surface area contributed by atoms with E-state index in [1.54, 1.807) is 18.2 Å². The van der Waals surface area contributed by atoms with Crippen molar-refractivity contribution in [3.63, 3.8) is 0 Å². The van der Waals surface area contributed by atoms with E-state index in [9.17, 15) is 9.90 Å². The van der Waals surface area contributed by atoms with Gasteiger partial charge >= 0.3 is 5.63 Å². The minimum Gasteiger partial charge on any atom is -0.508 e. The maximum atomic E-state index is 12.0. The average Bonchev–Trinajstić information content (AvgIpc) is 2.39. The number of phenols is 1. The van der Waals surface area contributed by atoms with Gasteiger partial charge in [0.05, 0.1) is 5.56 Å². The highest BCUT2D eigenvalue weighted by Crippen LogP contribution is 2.24. The quantitative estimate of drug-likeness (QED) is 0.692. The van der Waals surface area contributed by atoms with Crippen LogP contribution < -0.4 is 5.63 Å². The van der Waals surface area contributed by atoms with Gasteiger partial charge in [0.2, 0.25) is 0 Å². The van der Waals surface area contributed by atoms with Gasteiger partial charge in [-0.15, -0.1) is 0 Å². The van der Waals surface area contributed by atoms with Crippen LogP contribution in [-0.4, -0.2) is 5.11 Å². The van der Waals surface area contributed by atoms with Gasteiger partial charge in [0, 0.05) is 15.9 Å². The van der Waals surface area contributed by atoms with Crippen molar-refractivity contribution in [3.05, 3.63) is 63.4 Å². The minimum absolute atomic E-state index is 0.0760. The first-order chi connectivity index (χ1) is 9.13. The topological polar surface area (TPSA) is 50.4 Å². The van der Waals surface area contributed by atoms with Crippen LogP contribution >= 0.6 is 15.9 Å². The SMILES string of the molecule is O=c1oc2cc(O)ccc2cc1-c1ccc(Br)cc1. The molecule has 4 heteroatoms. The molecule has 0 spiro atoms. The van der Waals surface area contributed by atoms with E-state index in [1.165, 1.54) is 6.07 Å². The molecule has 0 amide bonds. The Balaban J connectivity index is 2.24. The lowest BCUT2D eigenvalue weighted by molar-refractivity contribution is 0.473. The highest BCUT2D eigenvalue weighted by atomic mass is 79.9. The zero-order valence-electron chi connectivity index (χ0n) is 9.76. The third-order valence-electron chi connectivity index (χ3n) is 2.87. The predicted octanol–water partition coefficient (Wildman–Crippen LogP) is 3.93. The van der Waals surface area contributed by atoms with E-state index >= 15 is 0 Å². The number of halogens is 1. The van der Waals surface area contributed by atoms with Gasteiger partial charge in [0.25, 0.3) is 0 Å². The Labute approximate surface area is 117 Å². The third-order valence-corrected chi connectivity index (χ3v) is 3.40. The summed E-state index contributed by atoms with van der Waals surface area (Å²) in [6.45, 7) is 0. The lowest BCUT2D eigenvalue weighted by Gasteiger charge is -2.03. The zero-order valence-corrected chi connectivity index (χ0v) is 11.3. The van der Waals surface area contributed by atoms with Gasteiger partial charge in [-0.2, -0.15) is 0 Å². The Hall–Kier alpha value is -2.07. The number of phenolic OH excluding ortho intramolecular Hbond substituents is 1. The van der Waals surface area contributed by atoms with E-state index in [2.05, 4.69) is 15.9 Å². The van der Waals surface area contributed by atoms with Gasteiger partial charge in [-0.1, -0.05) is 28.1 Å². The normalized spacial score (nSPS) is 10.8. The van der Waals surface area contributed by atoms with Crippen molar-refractivity contribution in [2.75, 3.05) is 0 Å². The van der Waals surface area contributed by atoms with Gasteiger partial charge < -0.3 is 9.52 Å². The predicted molar refractivity (Wildman–Crippen MR) is 77.3 cm³/mol. The van der Waals surface area contributed by atoms with Gasteiger partial charge in [-0.3, -0.25) is 0 Å². The molecule has 3 aromatic rings. The Morgan fingerprint density at radius 2 is 1.74 bits per heavy atom. The number of rotatable bonds is 1. The summed E-state index contributed by atoms with van der Waals surface area (Å²) in [5.74, 6) is 0.0760. The molecule has 1 N–H and O–H groups in total. The summed E-state index contributed by atoms with van der Waals surface area (Å²) in [6.07, 6.45) is 0. The van der Waals surface area contributed by atoms with Gasteiger partial charge in [-0.25, -0.2) is 4.79 Å². The van der Waals surface area contributed by atoms with E-state index in [1.807, 2.05) is 24.3 Å². The number of benzene rings is 2. The van der Waals surface area contributed by atoms with Crippen LogP contribution in [0.25, 0.3) is 22.1 Å². The van der Waals surface area contributed by atoms with Gasteiger partial charge in [0.1, 0.15) is 11.3 Å². The number of hydrogen-bond donors (Lipinski definition) is 1. The number of fused-ring (bicyclic) bond motifs is 1. The molecule has 3 rings (SSSR count). The zero-order chi connectivity index (χ0) is 13.4. The largest absolute Gasteiger partial charge is 0.508 e. The maximum absolute atomic E-state index is 12.0. The van der Waals surface area contributed by atoms with Crippen molar-refractivity contribution in [2.24, 2.45) is 0 Å². The molecule has 2 aromatic carbocycles. The summed E-state index contributed by atoms with van der Waals surface area (Å²) in [5.41, 5.74) is 1.27. The minimum atomic E-state index is -0.416. The first kappa shape index (κ1) is 12.0. The Morgan fingerprint density at radius 1 is 1.00 bits per heavy atom. The molecule has 0 saturated carbocycles. The van der Waals surface area contributed by atoms with E-state index in [4.69, 9.17) is 4.42 Å². The molecule has 0 radical (unpaired) electrons. The van der Waals surface area contributed by atoms with Crippen LogP contribution in [0, 0.1) is 0 Å². The lowest BCUT2D eigenvalue weighted by atomic mass is 10.1. The third kappa shape index (κ3) is 2.27. The number of aromatic hydroxyl groups is 1. The molecule has 0 unspecified atom stereocenters. The van der Waals surface area contributed by atoms with Crippen LogP contribution in [0.1, 0.15) is 0 Å².